The normalized spacial score (nSPS) is 20.9. The van der Waals surface area contributed by atoms with Gasteiger partial charge in [0.1, 0.15) is 11.4 Å². The van der Waals surface area contributed by atoms with Crippen molar-refractivity contribution < 1.29 is 14.7 Å². The van der Waals surface area contributed by atoms with Gasteiger partial charge in [-0.2, -0.15) is 0 Å². The minimum atomic E-state index is -0.907. The lowest BCUT2D eigenvalue weighted by atomic mass is 9.76. The van der Waals surface area contributed by atoms with Crippen molar-refractivity contribution in [2.24, 2.45) is 11.3 Å². The standard InChI is InChI=1S/C16H19N3O4S/c1-10(2)16(15(22)23)4-5-18(8-16)12(20)7-19-9-17-13-11(14(19)21)3-6-24-13/h3,6,9-10H,4-5,7-8H2,1-2H3,(H,22,23). The second-order valence-electron chi connectivity index (χ2n) is 6.50. The van der Waals surface area contributed by atoms with Crippen LogP contribution in [-0.4, -0.2) is 44.5 Å². The molecule has 0 radical (unpaired) electrons. The van der Waals surface area contributed by atoms with Crippen molar-refractivity contribution >= 4 is 33.4 Å². The fourth-order valence-corrected chi connectivity index (χ4v) is 3.91. The number of rotatable bonds is 4. The molecule has 3 heterocycles. The molecule has 1 amide bonds. The number of carbonyl (C=O) groups excluding carboxylic acids is 1. The van der Waals surface area contributed by atoms with Gasteiger partial charge in [-0.3, -0.25) is 19.0 Å². The molecule has 1 aliphatic rings. The summed E-state index contributed by atoms with van der Waals surface area (Å²) in [5, 5.41) is 11.8. The first-order valence-corrected chi connectivity index (χ1v) is 8.67. The maximum Gasteiger partial charge on any atom is 0.311 e. The van der Waals surface area contributed by atoms with E-state index >= 15 is 0 Å². The van der Waals surface area contributed by atoms with Gasteiger partial charge in [-0.05, 0) is 23.8 Å². The monoisotopic (exact) mass is 349 g/mol. The second kappa shape index (κ2) is 6.01. The molecule has 0 aliphatic carbocycles. The van der Waals surface area contributed by atoms with E-state index in [1.807, 2.05) is 13.8 Å². The van der Waals surface area contributed by atoms with E-state index in [2.05, 4.69) is 4.98 Å². The summed E-state index contributed by atoms with van der Waals surface area (Å²) < 4.78 is 1.29. The summed E-state index contributed by atoms with van der Waals surface area (Å²) >= 11 is 1.38. The average molecular weight is 349 g/mol. The van der Waals surface area contributed by atoms with Crippen LogP contribution in [0.4, 0.5) is 0 Å². The third kappa shape index (κ3) is 2.60. The van der Waals surface area contributed by atoms with Crippen LogP contribution in [0.2, 0.25) is 0 Å². The molecule has 0 bridgehead atoms. The van der Waals surface area contributed by atoms with Crippen LogP contribution >= 0.6 is 11.3 Å². The van der Waals surface area contributed by atoms with Gasteiger partial charge in [-0.25, -0.2) is 4.98 Å². The van der Waals surface area contributed by atoms with Crippen LogP contribution in [0.25, 0.3) is 10.2 Å². The smallest absolute Gasteiger partial charge is 0.311 e. The van der Waals surface area contributed by atoms with Gasteiger partial charge in [0, 0.05) is 13.1 Å². The van der Waals surface area contributed by atoms with E-state index in [9.17, 15) is 19.5 Å². The molecule has 8 heteroatoms. The molecular formula is C16H19N3O4S. The van der Waals surface area contributed by atoms with Crippen LogP contribution in [-0.2, 0) is 16.1 Å². The maximum absolute atomic E-state index is 12.5. The molecule has 0 spiro atoms. The van der Waals surface area contributed by atoms with Crippen LogP contribution in [0.3, 0.4) is 0 Å². The minimum Gasteiger partial charge on any atom is -0.481 e. The van der Waals surface area contributed by atoms with Crippen LogP contribution in [0.1, 0.15) is 20.3 Å². The minimum absolute atomic E-state index is 0.0701. The Kier molecular flexibility index (Phi) is 4.16. The van der Waals surface area contributed by atoms with E-state index in [1.54, 1.807) is 16.3 Å². The number of nitrogens with zero attached hydrogens (tertiary/aromatic N) is 3. The van der Waals surface area contributed by atoms with E-state index in [4.69, 9.17) is 0 Å². The van der Waals surface area contributed by atoms with Crippen molar-refractivity contribution in [2.45, 2.75) is 26.8 Å². The molecule has 128 valence electrons. The van der Waals surface area contributed by atoms with E-state index < -0.39 is 11.4 Å². The highest BCUT2D eigenvalue weighted by Crippen LogP contribution is 2.38. The number of amides is 1. The van der Waals surface area contributed by atoms with E-state index in [0.29, 0.717) is 23.2 Å². The molecule has 1 fully saturated rings. The highest BCUT2D eigenvalue weighted by Gasteiger charge is 2.48. The van der Waals surface area contributed by atoms with Gasteiger partial charge in [-0.1, -0.05) is 13.8 Å². The molecule has 1 N–H and O–H groups in total. The SMILES string of the molecule is CC(C)C1(C(=O)O)CCN(C(=O)Cn2cnc3sccc3c2=O)C1. The van der Waals surface area contributed by atoms with Gasteiger partial charge in [0.15, 0.2) is 0 Å². The molecule has 1 unspecified atom stereocenters. The lowest BCUT2D eigenvalue weighted by Gasteiger charge is -2.28. The predicted molar refractivity (Wildman–Crippen MR) is 90.0 cm³/mol. The molecule has 1 saturated heterocycles. The number of carboxylic acids is 1. The summed E-state index contributed by atoms with van der Waals surface area (Å²) in [4.78, 5) is 42.9. The zero-order chi connectivity index (χ0) is 17.5. The Morgan fingerprint density at radius 2 is 2.21 bits per heavy atom. The Bertz CT molecular complexity index is 856. The van der Waals surface area contributed by atoms with Gasteiger partial charge in [0.2, 0.25) is 5.91 Å². The van der Waals surface area contributed by atoms with E-state index in [-0.39, 0.29) is 30.5 Å². The van der Waals surface area contributed by atoms with Crippen molar-refractivity contribution in [3.8, 4) is 0 Å². The van der Waals surface area contributed by atoms with Crippen molar-refractivity contribution in [2.75, 3.05) is 13.1 Å². The number of carbonyl (C=O) groups is 2. The molecule has 2 aromatic rings. The molecule has 24 heavy (non-hydrogen) atoms. The third-order valence-corrected chi connectivity index (χ3v) is 5.76. The largest absolute Gasteiger partial charge is 0.481 e. The summed E-state index contributed by atoms with van der Waals surface area (Å²) in [5.74, 6) is -1.19. The number of hydrogen-bond donors (Lipinski definition) is 1. The number of carboxylic acid groups (broad SMARTS) is 1. The highest BCUT2D eigenvalue weighted by atomic mass is 32.1. The van der Waals surface area contributed by atoms with Gasteiger partial charge < -0.3 is 10.0 Å². The highest BCUT2D eigenvalue weighted by molar-refractivity contribution is 7.16. The van der Waals surface area contributed by atoms with Crippen molar-refractivity contribution in [1.82, 2.24) is 14.5 Å². The molecule has 2 aromatic heterocycles. The number of hydrogen-bond acceptors (Lipinski definition) is 5. The Balaban J connectivity index is 1.79. The summed E-state index contributed by atoms with van der Waals surface area (Å²) in [6, 6.07) is 1.69. The molecule has 3 rings (SSSR count). The molecule has 0 aromatic carbocycles. The fraction of sp³-hybridized carbons (Fsp3) is 0.500. The zero-order valence-electron chi connectivity index (χ0n) is 13.6. The third-order valence-electron chi connectivity index (χ3n) is 4.94. The molecule has 7 nitrogen and oxygen atoms in total. The molecule has 0 saturated carbocycles. The predicted octanol–water partition coefficient (Wildman–Crippen LogP) is 1.42. The number of thiophene rings is 1. The van der Waals surface area contributed by atoms with E-state index in [1.165, 1.54) is 22.2 Å². The van der Waals surface area contributed by atoms with Crippen LogP contribution < -0.4 is 5.56 Å². The number of aromatic nitrogens is 2. The quantitative estimate of drug-likeness (QED) is 0.901. The first kappa shape index (κ1) is 16.6. The zero-order valence-corrected chi connectivity index (χ0v) is 14.4. The Morgan fingerprint density at radius 1 is 1.46 bits per heavy atom. The lowest BCUT2D eigenvalue weighted by Crippen LogP contribution is -2.42. The summed E-state index contributed by atoms with van der Waals surface area (Å²) in [6.07, 6.45) is 1.81. The Morgan fingerprint density at radius 3 is 2.83 bits per heavy atom. The molecule has 1 aliphatic heterocycles. The summed E-state index contributed by atoms with van der Waals surface area (Å²) in [7, 11) is 0. The van der Waals surface area contributed by atoms with Gasteiger partial charge >= 0.3 is 5.97 Å². The first-order valence-electron chi connectivity index (χ1n) is 7.79. The molecular weight excluding hydrogens is 330 g/mol. The Hall–Kier alpha value is -2.22. The number of aliphatic carboxylic acids is 1. The van der Waals surface area contributed by atoms with Gasteiger partial charge in [0.25, 0.3) is 5.56 Å². The van der Waals surface area contributed by atoms with Crippen LogP contribution in [0.15, 0.2) is 22.6 Å². The number of fused-ring (bicyclic) bond motifs is 1. The fourth-order valence-electron chi connectivity index (χ4n) is 3.19. The topological polar surface area (TPSA) is 92.5 Å². The number of likely N-dealkylation sites (tertiary alicyclic amines) is 1. The van der Waals surface area contributed by atoms with Crippen molar-refractivity contribution in [1.29, 1.82) is 0 Å². The van der Waals surface area contributed by atoms with Gasteiger partial charge in [0.05, 0.1) is 17.1 Å². The van der Waals surface area contributed by atoms with E-state index in [0.717, 1.165) is 0 Å². The van der Waals surface area contributed by atoms with Crippen molar-refractivity contribution in [3.05, 3.63) is 28.1 Å². The Labute approximate surface area is 142 Å². The maximum atomic E-state index is 12.5. The van der Waals surface area contributed by atoms with Gasteiger partial charge in [-0.15, -0.1) is 11.3 Å². The first-order chi connectivity index (χ1) is 11.3. The second-order valence-corrected chi connectivity index (χ2v) is 7.39. The van der Waals surface area contributed by atoms with Crippen LogP contribution in [0.5, 0.6) is 0 Å². The summed E-state index contributed by atoms with van der Waals surface area (Å²) in [6.45, 7) is 4.18. The average Bonchev–Trinajstić information content (AvgIpc) is 3.17. The molecule has 1 atom stereocenters. The summed E-state index contributed by atoms with van der Waals surface area (Å²) in [5.41, 5.74) is -1.15. The lowest BCUT2D eigenvalue weighted by molar-refractivity contribution is -0.151. The van der Waals surface area contributed by atoms with Crippen molar-refractivity contribution in [3.63, 3.8) is 0 Å². The van der Waals surface area contributed by atoms with Crippen LogP contribution in [0, 0.1) is 11.3 Å².